The molecule has 0 bridgehead atoms. The van der Waals surface area contributed by atoms with Crippen LogP contribution in [0.2, 0.25) is 0 Å². The molecule has 1 fully saturated rings. The van der Waals surface area contributed by atoms with Gasteiger partial charge >= 0.3 is 5.97 Å². The molecule has 0 radical (unpaired) electrons. The fourth-order valence-electron chi connectivity index (χ4n) is 4.95. The highest BCUT2D eigenvalue weighted by molar-refractivity contribution is 5.77. The van der Waals surface area contributed by atoms with Crippen LogP contribution in [0.25, 0.3) is 0 Å². The molecule has 11 nitrogen and oxygen atoms in total. The zero-order chi connectivity index (χ0) is 27.9. The maximum absolute atomic E-state index is 13.0. The second-order valence-electron chi connectivity index (χ2n) is 9.65. The number of likely N-dealkylation sites (tertiary alicyclic amines) is 1. The minimum atomic E-state index is -0.996. The summed E-state index contributed by atoms with van der Waals surface area (Å²) in [5.74, 6) is 1.32. The lowest BCUT2D eigenvalue weighted by molar-refractivity contribution is -0.151. The Hall–Kier alpha value is -4.15. The number of hydrogen-bond donors (Lipinski definition) is 4. The summed E-state index contributed by atoms with van der Waals surface area (Å²) >= 11 is 0. The molecule has 11 heteroatoms. The lowest BCUT2D eigenvalue weighted by atomic mass is 10.0. The molecule has 210 valence electrons. The van der Waals surface area contributed by atoms with Crippen molar-refractivity contribution in [3.8, 4) is 17.2 Å². The molecule has 0 saturated carbocycles. The van der Waals surface area contributed by atoms with Crippen molar-refractivity contribution in [2.24, 2.45) is 11.5 Å². The summed E-state index contributed by atoms with van der Waals surface area (Å²) in [5.41, 5.74) is 14.1. The molecule has 39 heavy (non-hydrogen) atoms. The van der Waals surface area contributed by atoms with E-state index in [9.17, 15) is 4.79 Å². The average molecular weight is 539 g/mol. The van der Waals surface area contributed by atoms with Gasteiger partial charge in [-0.05, 0) is 55.2 Å². The molecule has 6 N–H and O–H groups in total. The summed E-state index contributed by atoms with van der Waals surface area (Å²) in [5, 5.41) is 15.4. The van der Waals surface area contributed by atoms with E-state index in [4.69, 9.17) is 41.2 Å². The molecule has 2 aromatic carbocycles. The number of benzene rings is 2. The second kappa shape index (κ2) is 12.6. The Bertz CT molecular complexity index is 1180. The first-order valence-electron chi connectivity index (χ1n) is 13.3. The summed E-state index contributed by atoms with van der Waals surface area (Å²) in [6.45, 7) is 4.64. The van der Waals surface area contributed by atoms with Gasteiger partial charge in [-0.2, -0.15) is 0 Å². The van der Waals surface area contributed by atoms with Crippen LogP contribution in [0.1, 0.15) is 42.6 Å². The summed E-state index contributed by atoms with van der Waals surface area (Å²) in [4.78, 5) is 16.7. The predicted molar refractivity (Wildman–Crippen MR) is 147 cm³/mol. The van der Waals surface area contributed by atoms with Crippen LogP contribution in [0.4, 0.5) is 0 Å². The van der Waals surface area contributed by atoms with Crippen molar-refractivity contribution < 1.29 is 23.7 Å². The highest BCUT2D eigenvalue weighted by Gasteiger charge is 2.28. The van der Waals surface area contributed by atoms with E-state index in [2.05, 4.69) is 0 Å². The van der Waals surface area contributed by atoms with Crippen LogP contribution in [0.5, 0.6) is 17.2 Å². The molecular formula is C28H38N6O5. The van der Waals surface area contributed by atoms with Crippen LogP contribution >= 0.6 is 0 Å². The number of ether oxygens (including phenoxy) is 4. The average Bonchev–Trinajstić information content (AvgIpc) is 3.14. The molecule has 1 atom stereocenters. The normalized spacial score (nSPS) is 16.5. The molecule has 0 spiro atoms. The fraction of sp³-hybridized carbons (Fsp3) is 0.464. The smallest absolute Gasteiger partial charge is 0.352 e. The third kappa shape index (κ3) is 6.84. The van der Waals surface area contributed by atoms with E-state index in [1.165, 1.54) is 0 Å². The van der Waals surface area contributed by atoms with E-state index in [0.717, 1.165) is 30.4 Å². The van der Waals surface area contributed by atoms with Crippen molar-refractivity contribution in [3.63, 3.8) is 0 Å². The Morgan fingerprint density at radius 3 is 2.05 bits per heavy atom. The first-order chi connectivity index (χ1) is 18.8. The van der Waals surface area contributed by atoms with Gasteiger partial charge in [0.2, 0.25) is 6.10 Å². The van der Waals surface area contributed by atoms with Crippen LogP contribution in [-0.4, -0.2) is 73.7 Å². The van der Waals surface area contributed by atoms with Gasteiger partial charge in [0.15, 0.2) is 23.4 Å². The zero-order valence-corrected chi connectivity index (χ0v) is 22.6. The number of fused-ring (bicyclic) bond motifs is 1. The van der Waals surface area contributed by atoms with Crippen molar-refractivity contribution in [1.82, 2.24) is 9.80 Å². The number of piperidine rings is 1. The van der Waals surface area contributed by atoms with Crippen LogP contribution < -0.4 is 25.7 Å². The van der Waals surface area contributed by atoms with Crippen molar-refractivity contribution in [2.45, 2.75) is 44.8 Å². The number of rotatable bonds is 8. The van der Waals surface area contributed by atoms with E-state index < -0.39 is 12.1 Å². The summed E-state index contributed by atoms with van der Waals surface area (Å²) in [6, 6.07) is 11.1. The highest BCUT2D eigenvalue weighted by atomic mass is 16.6. The molecule has 1 saturated heterocycles. The van der Waals surface area contributed by atoms with E-state index in [1.807, 2.05) is 46.2 Å². The van der Waals surface area contributed by atoms with Crippen LogP contribution in [-0.2, 0) is 22.4 Å². The van der Waals surface area contributed by atoms with E-state index in [-0.39, 0.29) is 24.6 Å². The van der Waals surface area contributed by atoms with Crippen molar-refractivity contribution in [3.05, 3.63) is 53.1 Å². The van der Waals surface area contributed by atoms with Gasteiger partial charge in [0.1, 0.15) is 11.9 Å². The number of nitrogens with zero attached hydrogens (tertiary/aromatic N) is 2. The van der Waals surface area contributed by atoms with Gasteiger partial charge in [-0.1, -0.05) is 12.1 Å². The number of carbonyl (C=O) groups excluding carboxylic acids is 1. The molecule has 2 aliphatic heterocycles. The van der Waals surface area contributed by atoms with Gasteiger partial charge in [0.25, 0.3) is 0 Å². The van der Waals surface area contributed by atoms with Gasteiger partial charge in [-0.3, -0.25) is 10.8 Å². The monoisotopic (exact) mass is 538 g/mol. The van der Waals surface area contributed by atoms with Crippen LogP contribution in [0, 0.1) is 10.8 Å². The van der Waals surface area contributed by atoms with Gasteiger partial charge in [0, 0.05) is 44.6 Å². The Labute approximate surface area is 229 Å². The Balaban J connectivity index is 1.51. The third-order valence-corrected chi connectivity index (χ3v) is 7.14. The standard InChI is InChI=1S/C28H38N6O5/c1-3-37-26(35)25(18-4-6-21(7-5-18)38-22-10-14-34(15-11-22)28(31)32)39-24-17-20-9-13-33(27(29)30)12-8-19(20)16-23(24)36-2/h4-7,16-17,22,25H,3,8-15H2,1-2H3,(H3,29,30)(H3,31,32). The molecule has 0 amide bonds. The van der Waals surface area contributed by atoms with Gasteiger partial charge in [-0.15, -0.1) is 0 Å². The number of hydrogen-bond acceptors (Lipinski definition) is 7. The first kappa shape index (κ1) is 27.9. The number of nitrogens with two attached hydrogens (primary N) is 2. The molecule has 2 aliphatic rings. The Morgan fingerprint density at radius 1 is 0.949 bits per heavy atom. The number of nitrogens with one attached hydrogen (secondary N) is 2. The lowest BCUT2D eigenvalue weighted by Gasteiger charge is -2.32. The number of carbonyl (C=O) groups is 1. The molecule has 2 heterocycles. The minimum absolute atomic E-state index is 0.0336. The summed E-state index contributed by atoms with van der Waals surface area (Å²) < 4.78 is 23.4. The van der Waals surface area contributed by atoms with Crippen molar-refractivity contribution >= 4 is 17.9 Å². The van der Waals surface area contributed by atoms with Gasteiger partial charge in [0.05, 0.1) is 13.7 Å². The lowest BCUT2D eigenvalue weighted by Crippen LogP contribution is -2.44. The number of methoxy groups -OCH3 is 1. The Morgan fingerprint density at radius 2 is 1.51 bits per heavy atom. The maximum Gasteiger partial charge on any atom is 0.352 e. The van der Waals surface area contributed by atoms with E-state index >= 15 is 0 Å². The SMILES string of the molecule is CCOC(=O)C(Oc1cc2c(cc1OC)CCN(C(=N)N)CC2)c1ccc(OC2CCN(C(=N)N)CC2)cc1. The molecular weight excluding hydrogens is 500 g/mol. The topological polar surface area (TPSA) is 160 Å². The molecule has 2 aromatic rings. The van der Waals surface area contributed by atoms with Gasteiger partial charge < -0.3 is 40.2 Å². The van der Waals surface area contributed by atoms with Crippen LogP contribution in [0.3, 0.4) is 0 Å². The quantitative estimate of drug-likeness (QED) is 0.225. The fourth-order valence-corrected chi connectivity index (χ4v) is 4.95. The van der Waals surface area contributed by atoms with E-state index in [1.54, 1.807) is 14.0 Å². The van der Waals surface area contributed by atoms with Crippen LogP contribution in [0.15, 0.2) is 36.4 Å². The first-order valence-corrected chi connectivity index (χ1v) is 13.3. The van der Waals surface area contributed by atoms with Gasteiger partial charge in [-0.25, -0.2) is 4.79 Å². The minimum Gasteiger partial charge on any atom is -0.493 e. The van der Waals surface area contributed by atoms with Crippen molar-refractivity contribution in [2.75, 3.05) is 39.9 Å². The number of guanidine groups is 2. The molecule has 0 aromatic heterocycles. The molecule has 0 aliphatic carbocycles. The second-order valence-corrected chi connectivity index (χ2v) is 9.65. The highest BCUT2D eigenvalue weighted by Crippen LogP contribution is 2.36. The molecule has 1 unspecified atom stereocenters. The Kier molecular flexibility index (Phi) is 9.00. The largest absolute Gasteiger partial charge is 0.493 e. The summed E-state index contributed by atoms with van der Waals surface area (Å²) in [6.07, 6.45) is 2.01. The number of esters is 1. The van der Waals surface area contributed by atoms with E-state index in [0.29, 0.717) is 55.4 Å². The van der Waals surface area contributed by atoms with Crippen molar-refractivity contribution in [1.29, 1.82) is 10.8 Å². The molecule has 4 rings (SSSR count). The third-order valence-electron chi connectivity index (χ3n) is 7.14. The maximum atomic E-state index is 13.0. The predicted octanol–water partition coefficient (Wildman–Crippen LogP) is 2.41. The zero-order valence-electron chi connectivity index (χ0n) is 22.6. The summed E-state index contributed by atoms with van der Waals surface area (Å²) in [7, 11) is 1.57.